The lowest BCUT2D eigenvalue weighted by Gasteiger charge is -2.14. The molecule has 0 saturated heterocycles. The maximum atomic E-state index is 13.5. The van der Waals surface area contributed by atoms with E-state index in [0.717, 1.165) is 23.2 Å². The number of aromatic nitrogens is 2. The number of hydrogen-bond acceptors (Lipinski definition) is 12. The van der Waals surface area contributed by atoms with E-state index < -0.39 is 22.0 Å². The number of azo groups is 2. The van der Waals surface area contributed by atoms with Gasteiger partial charge >= 0.3 is 5.56 Å². The van der Waals surface area contributed by atoms with Gasteiger partial charge in [0.2, 0.25) is 15.9 Å². The first-order valence-electron chi connectivity index (χ1n) is 15.0. The van der Waals surface area contributed by atoms with Gasteiger partial charge in [-0.1, -0.05) is 6.07 Å². The van der Waals surface area contributed by atoms with E-state index >= 15 is 0 Å². The Kier molecular flexibility index (Phi) is 10.1. The second-order valence-electron chi connectivity index (χ2n) is 11.5. The van der Waals surface area contributed by atoms with Crippen LogP contribution in [0.4, 0.5) is 22.7 Å². The summed E-state index contributed by atoms with van der Waals surface area (Å²) in [5, 5.41) is 48.4. The molecule has 1 amide bonds. The Bertz CT molecular complexity index is 2150. The summed E-state index contributed by atoms with van der Waals surface area (Å²) < 4.78 is 26.3. The SMILES string of the molecule is CC1=NN(c2ccc(N=Nc3c(C)c(-[n+]4ccccc4)c(=O)n(CCCN(C)C)c3O)cc2)C(=O)C1N=Nc1cc(S(N)(=O)=O)ccc1O. The Morgan fingerprint density at radius 1 is 0.980 bits per heavy atom. The third-order valence-corrected chi connectivity index (χ3v) is 8.51. The van der Waals surface area contributed by atoms with Gasteiger partial charge in [0.1, 0.15) is 11.4 Å². The van der Waals surface area contributed by atoms with Crippen LogP contribution in [0, 0.1) is 6.92 Å². The van der Waals surface area contributed by atoms with Crippen molar-refractivity contribution in [3.05, 3.63) is 89.0 Å². The van der Waals surface area contributed by atoms with Crippen LogP contribution >= 0.6 is 0 Å². The van der Waals surface area contributed by atoms with Crippen molar-refractivity contribution >= 4 is 44.4 Å². The number of pyridine rings is 2. The van der Waals surface area contributed by atoms with E-state index in [1.165, 1.54) is 4.57 Å². The molecule has 0 fully saturated rings. The Hall–Kier alpha value is -5.65. The molecule has 17 heteroatoms. The van der Waals surface area contributed by atoms with Crippen molar-refractivity contribution in [1.29, 1.82) is 0 Å². The molecular weight excluding hydrogens is 652 g/mol. The number of hydrogen-bond donors (Lipinski definition) is 3. The molecule has 0 spiro atoms. The lowest BCUT2D eigenvalue weighted by atomic mass is 10.2. The van der Waals surface area contributed by atoms with Gasteiger partial charge in [0, 0.05) is 18.7 Å². The maximum Gasteiger partial charge on any atom is 0.326 e. The van der Waals surface area contributed by atoms with Crippen molar-refractivity contribution in [3.63, 3.8) is 0 Å². The van der Waals surface area contributed by atoms with Crippen molar-refractivity contribution in [2.45, 2.75) is 37.8 Å². The number of rotatable bonds is 11. The Morgan fingerprint density at radius 2 is 1.67 bits per heavy atom. The van der Waals surface area contributed by atoms with Crippen LogP contribution in [0.2, 0.25) is 0 Å². The van der Waals surface area contributed by atoms with Crippen molar-refractivity contribution in [2.75, 3.05) is 25.6 Å². The van der Waals surface area contributed by atoms with Gasteiger partial charge in [-0.2, -0.15) is 30.0 Å². The van der Waals surface area contributed by atoms with Crippen LogP contribution in [0.5, 0.6) is 11.6 Å². The zero-order chi connectivity index (χ0) is 35.5. The third kappa shape index (κ3) is 7.58. The zero-order valence-corrected chi connectivity index (χ0v) is 28.0. The van der Waals surface area contributed by atoms with Gasteiger partial charge in [0.05, 0.1) is 27.5 Å². The first-order chi connectivity index (χ1) is 23.3. The molecule has 0 aliphatic carbocycles. The van der Waals surface area contributed by atoms with Crippen LogP contribution < -0.4 is 20.3 Å². The molecule has 1 aliphatic heterocycles. The second-order valence-corrected chi connectivity index (χ2v) is 13.0. The highest BCUT2D eigenvalue weighted by atomic mass is 32.2. The van der Waals surface area contributed by atoms with Crippen molar-refractivity contribution in [2.24, 2.45) is 30.7 Å². The van der Waals surface area contributed by atoms with E-state index in [0.29, 0.717) is 41.3 Å². The molecule has 1 aliphatic rings. The molecule has 4 N–H and O–H groups in total. The number of amides is 1. The van der Waals surface area contributed by atoms with Crippen molar-refractivity contribution in [3.8, 4) is 17.3 Å². The van der Waals surface area contributed by atoms with Crippen LogP contribution in [0.15, 0.2) is 108 Å². The highest BCUT2D eigenvalue weighted by Crippen LogP contribution is 2.34. The zero-order valence-electron chi connectivity index (χ0n) is 27.2. The Balaban J connectivity index is 1.39. The van der Waals surface area contributed by atoms with E-state index in [-0.39, 0.29) is 40.0 Å². The smallest absolute Gasteiger partial charge is 0.326 e. The molecule has 5 rings (SSSR count). The van der Waals surface area contributed by atoms with Crippen LogP contribution in [0.1, 0.15) is 18.9 Å². The number of anilines is 1. The van der Waals surface area contributed by atoms with Crippen LogP contribution in [0.3, 0.4) is 0 Å². The summed E-state index contributed by atoms with van der Waals surface area (Å²) in [5.74, 6) is -1.17. The maximum absolute atomic E-state index is 13.5. The lowest BCUT2D eigenvalue weighted by Crippen LogP contribution is -2.40. The molecule has 4 aromatic rings. The highest BCUT2D eigenvalue weighted by Gasteiger charge is 2.35. The predicted octanol–water partition coefficient (Wildman–Crippen LogP) is 3.73. The predicted molar refractivity (Wildman–Crippen MR) is 181 cm³/mol. The number of carbonyl (C=O) groups is 1. The number of phenols is 1. The first-order valence-corrected chi connectivity index (χ1v) is 16.6. The fourth-order valence-electron chi connectivity index (χ4n) is 5.04. The molecule has 0 radical (unpaired) electrons. The molecule has 3 heterocycles. The summed E-state index contributed by atoms with van der Waals surface area (Å²) in [5.41, 5.74) is 1.51. The van der Waals surface area contributed by atoms with Gasteiger partial charge in [-0.3, -0.25) is 14.2 Å². The van der Waals surface area contributed by atoms with Crippen LogP contribution in [-0.4, -0.2) is 66.4 Å². The summed E-state index contributed by atoms with van der Waals surface area (Å²) in [6.45, 7) is 4.27. The lowest BCUT2D eigenvalue weighted by molar-refractivity contribution is -0.597. The van der Waals surface area contributed by atoms with E-state index in [1.807, 2.05) is 25.1 Å². The van der Waals surface area contributed by atoms with Crippen LogP contribution in [-0.2, 0) is 21.4 Å². The number of nitrogens with two attached hydrogens (primary N) is 1. The minimum absolute atomic E-state index is 0.142. The minimum Gasteiger partial charge on any atom is -0.506 e. The van der Waals surface area contributed by atoms with Gasteiger partial charge in [0.25, 0.3) is 11.6 Å². The standard InChI is InChI=1S/C32H34N10O6S/c1-20-27(30(44)41(18-8-15-39(3)4)32(46)29(20)40-16-6-5-7-17-40)36-34-22-9-11-23(12-10-22)42-31(45)28(21(2)38-42)37-35-25-19-24(49(33,47)48)13-14-26(25)43/h5-7,9-14,16-17,19,28H,8,15,18H2,1-4H3,(H3-,33,34,37,43,44,46,47,48)/p+1. The molecule has 2 aromatic heterocycles. The largest absolute Gasteiger partial charge is 0.506 e. The number of primary sulfonamides is 1. The third-order valence-electron chi connectivity index (χ3n) is 7.60. The number of phenolic OH excluding ortho intramolecular Hbond substituents is 1. The fraction of sp³-hybridized carbons (Fsp3) is 0.250. The number of carbonyl (C=O) groups excluding carboxylic acids is 1. The van der Waals surface area contributed by atoms with Gasteiger partial charge < -0.3 is 15.1 Å². The van der Waals surface area contributed by atoms with Gasteiger partial charge in [-0.05, 0) is 83.4 Å². The average molecular weight is 688 g/mol. The molecular formula is C32H35N10O6S+. The molecule has 0 saturated carbocycles. The number of hydrazone groups is 1. The molecule has 254 valence electrons. The van der Waals surface area contributed by atoms with E-state index in [4.69, 9.17) is 5.14 Å². The quantitative estimate of drug-likeness (QED) is 0.157. The van der Waals surface area contributed by atoms with E-state index in [1.54, 1.807) is 67.2 Å². The second kappa shape index (κ2) is 14.2. The normalized spacial score (nSPS) is 15.2. The summed E-state index contributed by atoms with van der Waals surface area (Å²) in [6.07, 6.45) is 4.11. The summed E-state index contributed by atoms with van der Waals surface area (Å²) in [7, 11) is -0.193. The summed E-state index contributed by atoms with van der Waals surface area (Å²) in [6, 6.07) is 14.0. The molecule has 16 nitrogen and oxygen atoms in total. The monoisotopic (exact) mass is 687 g/mol. The fourth-order valence-corrected chi connectivity index (χ4v) is 5.57. The van der Waals surface area contributed by atoms with E-state index in [9.17, 15) is 28.2 Å². The van der Waals surface area contributed by atoms with Gasteiger partial charge in [0.15, 0.2) is 24.1 Å². The molecule has 2 aromatic carbocycles. The van der Waals surface area contributed by atoms with Crippen molar-refractivity contribution in [1.82, 2.24) is 9.47 Å². The Morgan fingerprint density at radius 3 is 2.33 bits per heavy atom. The number of aromatic hydroxyl groups is 2. The minimum atomic E-state index is -4.05. The average Bonchev–Trinajstić information content (AvgIpc) is 3.34. The molecule has 1 unspecified atom stereocenters. The summed E-state index contributed by atoms with van der Waals surface area (Å²) >= 11 is 0. The van der Waals surface area contributed by atoms with E-state index in [2.05, 4.69) is 25.6 Å². The number of benzene rings is 2. The number of nitrogens with zero attached hydrogens (tertiary/aromatic N) is 9. The Labute approximate surface area is 281 Å². The molecule has 1 atom stereocenters. The molecule has 49 heavy (non-hydrogen) atoms. The highest BCUT2D eigenvalue weighted by molar-refractivity contribution is 7.89. The van der Waals surface area contributed by atoms with Crippen LogP contribution in [0.25, 0.3) is 5.69 Å². The van der Waals surface area contributed by atoms with Crippen molar-refractivity contribution < 1.29 is 28.0 Å². The first kappa shape index (κ1) is 34.7. The van der Waals surface area contributed by atoms with Gasteiger partial charge in [-0.15, -0.1) is 5.11 Å². The number of sulfonamides is 1. The summed E-state index contributed by atoms with van der Waals surface area (Å²) in [4.78, 5) is 28.5. The van der Waals surface area contributed by atoms with Gasteiger partial charge in [-0.25, -0.2) is 13.6 Å². The topological polar surface area (TPSA) is 212 Å². The molecule has 0 bridgehead atoms.